The van der Waals surface area contributed by atoms with Crippen LogP contribution >= 0.6 is 22.6 Å². The van der Waals surface area contributed by atoms with Gasteiger partial charge in [-0.1, -0.05) is 32.1 Å². The Hall–Kier alpha value is -0.430. The quantitative estimate of drug-likeness (QED) is 0.824. The van der Waals surface area contributed by atoms with Gasteiger partial charge in [-0.2, -0.15) is 0 Å². The molecule has 5 heteroatoms. The summed E-state index contributed by atoms with van der Waals surface area (Å²) in [6.07, 6.45) is 8.69. The largest absolute Gasteiger partial charge is 0.378 e. The Morgan fingerprint density at radius 3 is 2.53 bits per heavy atom. The molecule has 106 valence electrons. The average Bonchev–Trinajstić information content (AvgIpc) is 2.34. The third-order valence-electron chi connectivity index (χ3n) is 3.72. The number of methoxy groups -OCH3 is 1. The van der Waals surface area contributed by atoms with Gasteiger partial charge in [0.1, 0.15) is 9.39 Å². The molecule has 0 radical (unpaired) electrons. The number of nitrogens with zero attached hydrogens (tertiary/aromatic N) is 1. The molecule has 19 heavy (non-hydrogen) atoms. The van der Waals surface area contributed by atoms with Crippen LogP contribution in [0.4, 0.5) is 0 Å². The first-order chi connectivity index (χ1) is 9.22. The Kier molecular flexibility index (Phi) is 5.81. The summed E-state index contributed by atoms with van der Waals surface area (Å²) >= 11 is 2.04. The van der Waals surface area contributed by atoms with Gasteiger partial charge in [0.2, 0.25) is 0 Å². The van der Waals surface area contributed by atoms with Crippen molar-refractivity contribution in [2.75, 3.05) is 7.11 Å². The number of rotatable bonds is 3. The number of aromatic amines is 1. The molecule has 0 atom stereocenters. The molecule has 0 aliphatic heterocycles. The van der Waals surface area contributed by atoms with Crippen molar-refractivity contribution in [1.82, 2.24) is 9.97 Å². The topological polar surface area (TPSA) is 55.0 Å². The monoisotopic (exact) mass is 376 g/mol. The molecule has 0 unspecified atom stereocenters. The zero-order valence-corrected chi connectivity index (χ0v) is 13.5. The first-order valence-electron chi connectivity index (χ1n) is 7.00. The van der Waals surface area contributed by atoms with Crippen LogP contribution in [0.5, 0.6) is 0 Å². The van der Waals surface area contributed by atoms with Gasteiger partial charge in [0, 0.05) is 13.0 Å². The Morgan fingerprint density at radius 1 is 1.26 bits per heavy atom. The predicted molar refractivity (Wildman–Crippen MR) is 83.3 cm³/mol. The highest BCUT2D eigenvalue weighted by Gasteiger charge is 2.18. The van der Waals surface area contributed by atoms with Gasteiger partial charge >= 0.3 is 0 Å². The van der Waals surface area contributed by atoms with E-state index >= 15 is 0 Å². The van der Waals surface area contributed by atoms with E-state index in [9.17, 15) is 4.79 Å². The Balaban J connectivity index is 2.24. The van der Waals surface area contributed by atoms with E-state index in [0.717, 1.165) is 24.4 Å². The first kappa shape index (κ1) is 15.0. The molecule has 0 aromatic carbocycles. The van der Waals surface area contributed by atoms with Gasteiger partial charge in [-0.25, -0.2) is 4.98 Å². The van der Waals surface area contributed by atoms with Crippen molar-refractivity contribution in [3.8, 4) is 0 Å². The number of aromatic nitrogens is 2. The molecule has 1 aromatic heterocycles. The Labute approximate surface area is 127 Å². The summed E-state index contributed by atoms with van der Waals surface area (Å²) in [5, 5.41) is 0. The fourth-order valence-corrected chi connectivity index (χ4v) is 3.09. The van der Waals surface area contributed by atoms with E-state index in [4.69, 9.17) is 4.74 Å². The highest BCUT2D eigenvalue weighted by Crippen LogP contribution is 2.28. The molecule has 1 saturated carbocycles. The van der Waals surface area contributed by atoms with Crippen LogP contribution in [0.3, 0.4) is 0 Å². The lowest BCUT2D eigenvalue weighted by Gasteiger charge is -2.19. The molecular weight excluding hydrogens is 355 g/mol. The normalized spacial score (nSPS) is 18.0. The summed E-state index contributed by atoms with van der Waals surface area (Å²) in [5.41, 5.74) is 0.739. The average molecular weight is 376 g/mol. The molecule has 4 nitrogen and oxygen atoms in total. The van der Waals surface area contributed by atoms with E-state index in [0.29, 0.717) is 16.1 Å². The first-order valence-corrected chi connectivity index (χ1v) is 8.07. The van der Waals surface area contributed by atoms with Crippen molar-refractivity contribution in [2.45, 2.75) is 57.5 Å². The van der Waals surface area contributed by atoms with Crippen LogP contribution in [0.25, 0.3) is 0 Å². The minimum Gasteiger partial charge on any atom is -0.378 e. The molecule has 1 N–H and O–H groups in total. The van der Waals surface area contributed by atoms with Crippen molar-refractivity contribution in [3.63, 3.8) is 0 Å². The molecule has 1 aromatic rings. The minimum absolute atomic E-state index is 0.0280. The lowest BCUT2D eigenvalue weighted by Crippen LogP contribution is -2.21. The SMILES string of the molecule is COCc1nc(C2CCCCCCC2)[nH]c(=O)c1I. The van der Waals surface area contributed by atoms with Gasteiger partial charge in [-0.05, 0) is 35.4 Å². The van der Waals surface area contributed by atoms with E-state index < -0.39 is 0 Å². The summed E-state index contributed by atoms with van der Waals surface area (Å²) in [6, 6.07) is 0. The molecular formula is C14H21IN2O2. The predicted octanol–water partition coefficient (Wildman–Crippen LogP) is 3.35. The smallest absolute Gasteiger partial charge is 0.264 e. The van der Waals surface area contributed by atoms with E-state index in [-0.39, 0.29) is 5.56 Å². The summed E-state index contributed by atoms with van der Waals surface area (Å²) in [4.78, 5) is 19.6. The standard InChI is InChI=1S/C14H21IN2O2/c1-19-9-11-12(15)14(18)17-13(16-11)10-7-5-3-2-4-6-8-10/h10H,2-9H2,1H3,(H,16,17,18). The van der Waals surface area contributed by atoms with Crippen molar-refractivity contribution in [2.24, 2.45) is 0 Å². The van der Waals surface area contributed by atoms with E-state index in [1.807, 2.05) is 22.6 Å². The second-order valence-corrected chi connectivity index (χ2v) is 6.27. The van der Waals surface area contributed by atoms with Gasteiger partial charge in [0.25, 0.3) is 5.56 Å². The van der Waals surface area contributed by atoms with Crippen LogP contribution in [0, 0.1) is 3.57 Å². The number of halogens is 1. The van der Waals surface area contributed by atoms with Gasteiger partial charge in [-0.3, -0.25) is 4.79 Å². The maximum Gasteiger partial charge on any atom is 0.264 e. The van der Waals surface area contributed by atoms with Crippen LogP contribution in [-0.4, -0.2) is 17.1 Å². The van der Waals surface area contributed by atoms with Crippen molar-refractivity contribution >= 4 is 22.6 Å². The fraction of sp³-hybridized carbons (Fsp3) is 0.714. The zero-order chi connectivity index (χ0) is 13.7. The fourth-order valence-electron chi connectivity index (χ4n) is 2.68. The number of H-pyrrole nitrogens is 1. The Morgan fingerprint density at radius 2 is 1.89 bits per heavy atom. The summed E-state index contributed by atoms with van der Waals surface area (Å²) in [7, 11) is 1.63. The van der Waals surface area contributed by atoms with Crippen LogP contribution in [0.15, 0.2) is 4.79 Å². The summed E-state index contributed by atoms with van der Waals surface area (Å²) in [6.45, 7) is 0.405. The number of ether oxygens (including phenoxy) is 1. The molecule has 0 saturated heterocycles. The Bertz CT molecular complexity index is 465. The molecule has 0 spiro atoms. The van der Waals surface area contributed by atoms with Crippen molar-refractivity contribution < 1.29 is 4.74 Å². The molecule has 1 aliphatic carbocycles. The zero-order valence-electron chi connectivity index (χ0n) is 11.4. The molecule has 1 heterocycles. The lowest BCUT2D eigenvalue weighted by atomic mass is 9.90. The van der Waals surface area contributed by atoms with Crippen LogP contribution < -0.4 is 5.56 Å². The second kappa shape index (κ2) is 7.38. The number of nitrogens with one attached hydrogen (secondary N) is 1. The molecule has 0 amide bonds. The van der Waals surface area contributed by atoms with E-state index in [1.165, 1.54) is 32.1 Å². The third-order valence-corrected chi connectivity index (χ3v) is 4.84. The maximum absolute atomic E-state index is 12.0. The molecule has 0 bridgehead atoms. The van der Waals surface area contributed by atoms with E-state index in [2.05, 4.69) is 9.97 Å². The maximum atomic E-state index is 12.0. The lowest BCUT2D eigenvalue weighted by molar-refractivity contribution is 0.180. The second-order valence-electron chi connectivity index (χ2n) is 5.19. The molecule has 1 fully saturated rings. The van der Waals surface area contributed by atoms with Gasteiger partial charge in [0.15, 0.2) is 0 Å². The van der Waals surface area contributed by atoms with Crippen LogP contribution in [0.1, 0.15) is 62.4 Å². The summed E-state index contributed by atoms with van der Waals surface area (Å²) in [5.74, 6) is 1.26. The van der Waals surface area contributed by atoms with Gasteiger partial charge in [-0.15, -0.1) is 0 Å². The van der Waals surface area contributed by atoms with Crippen molar-refractivity contribution in [1.29, 1.82) is 0 Å². The summed E-state index contributed by atoms with van der Waals surface area (Å²) < 4.78 is 5.78. The van der Waals surface area contributed by atoms with Crippen LogP contribution in [0.2, 0.25) is 0 Å². The molecule has 2 rings (SSSR count). The van der Waals surface area contributed by atoms with Crippen LogP contribution in [-0.2, 0) is 11.3 Å². The van der Waals surface area contributed by atoms with E-state index in [1.54, 1.807) is 7.11 Å². The number of hydrogen-bond acceptors (Lipinski definition) is 3. The van der Waals surface area contributed by atoms with Gasteiger partial charge in [0.05, 0.1) is 12.3 Å². The van der Waals surface area contributed by atoms with Crippen molar-refractivity contribution in [3.05, 3.63) is 25.4 Å². The number of hydrogen-bond donors (Lipinski definition) is 1. The highest BCUT2D eigenvalue weighted by atomic mass is 127. The highest BCUT2D eigenvalue weighted by molar-refractivity contribution is 14.1. The minimum atomic E-state index is -0.0280. The third kappa shape index (κ3) is 4.02. The van der Waals surface area contributed by atoms with Gasteiger partial charge < -0.3 is 9.72 Å². The molecule has 1 aliphatic rings.